The van der Waals surface area contributed by atoms with Crippen LogP contribution >= 0.6 is 11.3 Å². The summed E-state index contributed by atoms with van der Waals surface area (Å²) >= 11 is 1.70. The van der Waals surface area contributed by atoms with E-state index in [1.165, 1.54) is 0 Å². The lowest BCUT2D eigenvalue weighted by molar-refractivity contribution is -0.192. The number of thiazole rings is 1. The third-order valence-corrected chi connectivity index (χ3v) is 6.23. The second kappa shape index (κ2) is 10.0. The molecule has 2 saturated heterocycles. The monoisotopic (exact) mass is 475 g/mol. The van der Waals surface area contributed by atoms with Crippen LogP contribution < -0.4 is 0 Å². The lowest BCUT2D eigenvalue weighted by atomic mass is 9.89. The summed E-state index contributed by atoms with van der Waals surface area (Å²) in [6.07, 6.45) is 0.112. The second-order valence-electron chi connectivity index (χ2n) is 7.65. The molecule has 0 saturated carbocycles. The number of carboxylic acids is 1. The number of hydrogen-bond acceptors (Lipinski definition) is 7. The van der Waals surface area contributed by atoms with E-state index >= 15 is 0 Å². The van der Waals surface area contributed by atoms with Crippen LogP contribution in [0.15, 0.2) is 28.3 Å². The molecule has 2 aromatic heterocycles. The number of carboxylic acid groups (broad SMARTS) is 1. The van der Waals surface area contributed by atoms with Gasteiger partial charge in [-0.3, -0.25) is 9.69 Å². The van der Waals surface area contributed by atoms with E-state index < -0.39 is 12.1 Å². The van der Waals surface area contributed by atoms with Gasteiger partial charge < -0.3 is 19.2 Å². The van der Waals surface area contributed by atoms with E-state index in [2.05, 4.69) is 9.88 Å². The molecule has 0 radical (unpaired) electrons. The third-order valence-electron chi connectivity index (χ3n) is 5.46. The van der Waals surface area contributed by atoms with Crippen LogP contribution in [0.25, 0.3) is 0 Å². The number of morpholine rings is 1. The first-order valence-electron chi connectivity index (χ1n) is 9.98. The normalized spacial score (nSPS) is 18.8. The van der Waals surface area contributed by atoms with Crippen molar-refractivity contribution in [1.29, 1.82) is 0 Å². The number of aliphatic carboxylic acids is 1. The molecule has 1 N–H and O–H groups in total. The molecule has 0 bridgehead atoms. The first-order chi connectivity index (χ1) is 15.1. The summed E-state index contributed by atoms with van der Waals surface area (Å²) in [7, 11) is 0. The smallest absolute Gasteiger partial charge is 0.475 e. The molecule has 12 heteroatoms. The number of carbonyl (C=O) groups is 2. The summed E-state index contributed by atoms with van der Waals surface area (Å²) in [4.78, 5) is 30.3. The van der Waals surface area contributed by atoms with Gasteiger partial charge >= 0.3 is 12.1 Å². The van der Waals surface area contributed by atoms with Crippen molar-refractivity contribution >= 4 is 23.2 Å². The average molecular weight is 475 g/mol. The fourth-order valence-corrected chi connectivity index (χ4v) is 4.44. The number of furan rings is 1. The first-order valence-corrected chi connectivity index (χ1v) is 10.9. The zero-order valence-corrected chi connectivity index (χ0v) is 18.2. The number of rotatable bonds is 3. The Balaban J connectivity index is 0.000000360. The van der Waals surface area contributed by atoms with E-state index in [4.69, 9.17) is 19.1 Å². The molecule has 2 aliphatic heterocycles. The molecular weight excluding hydrogens is 451 g/mol. The number of halogens is 3. The summed E-state index contributed by atoms with van der Waals surface area (Å²) in [5.74, 6) is -2.00. The summed E-state index contributed by atoms with van der Waals surface area (Å²) in [5.41, 5.74) is 0.545. The highest BCUT2D eigenvalue weighted by Crippen LogP contribution is 2.31. The fraction of sp³-hybridized carbons (Fsp3) is 0.550. The molecule has 0 unspecified atom stereocenters. The van der Waals surface area contributed by atoms with Gasteiger partial charge in [0, 0.05) is 37.8 Å². The minimum atomic E-state index is -5.08. The van der Waals surface area contributed by atoms with Gasteiger partial charge in [0.05, 0.1) is 30.6 Å². The van der Waals surface area contributed by atoms with Crippen molar-refractivity contribution in [1.82, 2.24) is 14.8 Å². The lowest BCUT2D eigenvalue weighted by Crippen LogP contribution is -2.57. The van der Waals surface area contributed by atoms with Crippen LogP contribution in [-0.4, -0.2) is 76.3 Å². The van der Waals surface area contributed by atoms with Gasteiger partial charge in [-0.15, -0.1) is 11.3 Å². The summed E-state index contributed by atoms with van der Waals surface area (Å²) in [6, 6.07) is 1.76. The quantitative estimate of drug-likeness (QED) is 0.728. The number of alkyl halides is 3. The zero-order valence-electron chi connectivity index (χ0n) is 17.4. The van der Waals surface area contributed by atoms with Crippen molar-refractivity contribution < 1.29 is 37.0 Å². The van der Waals surface area contributed by atoms with Crippen LogP contribution in [0.3, 0.4) is 0 Å². The Bertz CT molecular complexity index is 908. The molecule has 0 atom stereocenters. The number of carbonyl (C=O) groups excluding carboxylic acids is 1. The van der Waals surface area contributed by atoms with Gasteiger partial charge in [0.25, 0.3) is 5.91 Å². The van der Waals surface area contributed by atoms with Gasteiger partial charge in [-0.25, -0.2) is 9.78 Å². The number of hydrogen-bond donors (Lipinski definition) is 1. The molecule has 0 aliphatic carbocycles. The van der Waals surface area contributed by atoms with E-state index in [1.54, 1.807) is 23.7 Å². The van der Waals surface area contributed by atoms with Gasteiger partial charge in [-0.1, -0.05) is 0 Å². The molecule has 4 rings (SSSR count). The van der Waals surface area contributed by atoms with Crippen LogP contribution in [0, 0.1) is 6.92 Å². The van der Waals surface area contributed by atoms with E-state index in [1.807, 2.05) is 23.4 Å². The fourth-order valence-electron chi connectivity index (χ4n) is 3.78. The van der Waals surface area contributed by atoms with Crippen molar-refractivity contribution in [3.63, 3.8) is 0 Å². The Kier molecular flexibility index (Phi) is 7.57. The van der Waals surface area contributed by atoms with Gasteiger partial charge in [0.15, 0.2) is 0 Å². The average Bonchev–Trinajstić information content (AvgIpc) is 3.39. The van der Waals surface area contributed by atoms with Gasteiger partial charge in [-0.2, -0.15) is 13.2 Å². The number of nitrogens with zero attached hydrogens (tertiary/aromatic N) is 3. The minimum Gasteiger partial charge on any atom is -0.475 e. The Labute approximate surface area is 186 Å². The van der Waals surface area contributed by atoms with E-state index in [0.717, 1.165) is 57.2 Å². The van der Waals surface area contributed by atoms with E-state index in [0.29, 0.717) is 11.3 Å². The van der Waals surface area contributed by atoms with Crippen LogP contribution in [0.4, 0.5) is 13.2 Å². The standard InChI is InChI=1S/C18H23N3O3S.C2HF3O2/c1-14-15(2-9-23-14)17(22)21-6-3-18(4-7-21)13-20(8-10-24-18)12-16-19-5-11-25-16;3-2(4,5)1(6)7/h2,5,9,11H,3-4,6-8,10,12-13H2,1H3;(H,6,7). The van der Waals surface area contributed by atoms with Crippen molar-refractivity contribution in [2.24, 2.45) is 0 Å². The SMILES string of the molecule is Cc1occc1C(=O)N1CCC2(CC1)CN(Cc1nccs1)CCO2.O=C(O)C(F)(F)F. The van der Waals surface area contributed by atoms with Crippen molar-refractivity contribution in [3.8, 4) is 0 Å². The molecule has 2 aliphatic rings. The Morgan fingerprint density at radius 3 is 2.50 bits per heavy atom. The largest absolute Gasteiger partial charge is 0.490 e. The number of aryl methyl sites for hydroxylation is 1. The number of piperidine rings is 1. The highest BCUT2D eigenvalue weighted by molar-refractivity contribution is 7.09. The van der Waals surface area contributed by atoms with Gasteiger partial charge in [0.2, 0.25) is 0 Å². The highest BCUT2D eigenvalue weighted by atomic mass is 32.1. The van der Waals surface area contributed by atoms with Crippen LogP contribution in [0.1, 0.15) is 34.0 Å². The molecule has 1 spiro atoms. The Morgan fingerprint density at radius 1 is 1.28 bits per heavy atom. The third kappa shape index (κ3) is 6.08. The number of amides is 1. The molecule has 176 valence electrons. The molecule has 2 aromatic rings. The minimum absolute atomic E-state index is 0.0663. The first kappa shape index (κ1) is 24.2. The highest BCUT2D eigenvalue weighted by Gasteiger charge is 2.41. The maximum absolute atomic E-state index is 12.6. The van der Waals surface area contributed by atoms with Crippen molar-refractivity contribution in [2.75, 3.05) is 32.8 Å². The Morgan fingerprint density at radius 2 is 1.97 bits per heavy atom. The second-order valence-corrected chi connectivity index (χ2v) is 8.63. The summed E-state index contributed by atoms with van der Waals surface area (Å²) < 4.78 is 43.2. The molecule has 0 aromatic carbocycles. The van der Waals surface area contributed by atoms with E-state index in [9.17, 15) is 18.0 Å². The number of ether oxygens (including phenoxy) is 1. The summed E-state index contributed by atoms with van der Waals surface area (Å²) in [5, 5.41) is 10.3. The van der Waals surface area contributed by atoms with E-state index in [-0.39, 0.29) is 11.5 Å². The topological polar surface area (TPSA) is 96.1 Å². The molecular formula is C20H24F3N3O5S. The zero-order chi connectivity index (χ0) is 23.4. The summed E-state index contributed by atoms with van der Waals surface area (Å²) in [6.45, 7) is 6.79. The number of aromatic nitrogens is 1. The molecule has 4 heterocycles. The van der Waals surface area contributed by atoms with Gasteiger partial charge in [-0.05, 0) is 25.8 Å². The van der Waals surface area contributed by atoms with Crippen LogP contribution in [-0.2, 0) is 16.1 Å². The predicted octanol–water partition coefficient (Wildman–Crippen LogP) is 3.19. The van der Waals surface area contributed by atoms with Gasteiger partial charge in [0.1, 0.15) is 10.8 Å². The maximum Gasteiger partial charge on any atom is 0.490 e. The molecule has 8 nitrogen and oxygen atoms in total. The van der Waals surface area contributed by atoms with Crippen molar-refractivity contribution in [3.05, 3.63) is 40.2 Å². The molecule has 32 heavy (non-hydrogen) atoms. The van der Waals surface area contributed by atoms with Crippen molar-refractivity contribution in [2.45, 2.75) is 38.1 Å². The predicted molar refractivity (Wildman–Crippen MR) is 108 cm³/mol. The number of likely N-dealkylation sites (tertiary alicyclic amines) is 1. The maximum atomic E-state index is 12.6. The Hall–Kier alpha value is -2.44. The molecule has 1 amide bonds. The van der Waals surface area contributed by atoms with Crippen LogP contribution in [0.2, 0.25) is 0 Å². The lowest BCUT2D eigenvalue weighted by Gasteiger charge is -2.47. The van der Waals surface area contributed by atoms with Crippen LogP contribution in [0.5, 0.6) is 0 Å². The molecule has 2 fully saturated rings.